The van der Waals surface area contributed by atoms with Crippen molar-refractivity contribution in [1.82, 2.24) is 0 Å². The molecule has 0 fully saturated rings. The van der Waals surface area contributed by atoms with Crippen LogP contribution in [-0.2, 0) is 0 Å². The molecule has 0 aromatic heterocycles. The predicted molar refractivity (Wildman–Crippen MR) is 120 cm³/mol. The van der Waals surface area contributed by atoms with E-state index in [2.05, 4.69) is 85.1 Å². The summed E-state index contributed by atoms with van der Waals surface area (Å²) in [6, 6.07) is 15.0. The van der Waals surface area contributed by atoms with E-state index in [1.807, 2.05) is 6.08 Å². The number of rotatable bonds is 1. The van der Waals surface area contributed by atoms with Crippen LogP contribution in [0, 0.1) is 0 Å². The average molecular weight is 383 g/mol. The molecule has 0 spiro atoms. The Balaban J connectivity index is 2.40. The summed E-state index contributed by atoms with van der Waals surface area (Å²) in [5.74, 6) is 0. The van der Waals surface area contributed by atoms with Gasteiger partial charge < -0.3 is 0 Å². The van der Waals surface area contributed by atoms with Gasteiger partial charge in [-0.15, -0.1) is 25.3 Å². The molecule has 3 aromatic carbocycles. The lowest BCUT2D eigenvalue weighted by Crippen LogP contribution is -2.16. The number of fused-ring (bicyclic) bond motifs is 2. The third kappa shape index (κ3) is 2.62. The fourth-order valence-corrected chi connectivity index (χ4v) is 5.51. The van der Waals surface area contributed by atoms with Crippen molar-refractivity contribution in [2.75, 3.05) is 0 Å². The Morgan fingerprint density at radius 1 is 0.875 bits per heavy atom. The Morgan fingerprint density at radius 3 is 2.21 bits per heavy atom. The molecule has 118 valence electrons. The highest BCUT2D eigenvalue weighted by molar-refractivity contribution is 8.34. The van der Waals surface area contributed by atoms with Crippen LogP contribution in [0.2, 0.25) is 0 Å². The monoisotopic (exact) mass is 382 g/mol. The van der Waals surface area contributed by atoms with E-state index in [9.17, 15) is 0 Å². The molecule has 0 aliphatic carbocycles. The summed E-state index contributed by atoms with van der Waals surface area (Å²) in [6.07, 6.45) is 1.89. The van der Waals surface area contributed by atoms with Gasteiger partial charge in [0.05, 0.1) is 4.24 Å². The van der Waals surface area contributed by atoms with E-state index >= 15 is 0 Å². The van der Waals surface area contributed by atoms with Crippen LogP contribution in [0.1, 0.15) is 5.56 Å². The first-order chi connectivity index (χ1) is 11.7. The van der Waals surface area contributed by atoms with E-state index in [0.29, 0.717) is 0 Å². The zero-order chi connectivity index (χ0) is 16.7. The molecule has 4 heteroatoms. The molecule has 1 aliphatic rings. The van der Waals surface area contributed by atoms with E-state index < -0.39 is 0 Å². The Bertz CT molecular complexity index is 1130. The van der Waals surface area contributed by atoms with Crippen LogP contribution in [0.25, 0.3) is 36.1 Å². The van der Waals surface area contributed by atoms with Gasteiger partial charge in [0.1, 0.15) is 0 Å². The molecule has 0 N–H and O–H groups in total. The van der Waals surface area contributed by atoms with Gasteiger partial charge in [0.25, 0.3) is 0 Å². The Hall–Kier alpha value is -1.20. The third-order valence-electron chi connectivity index (χ3n) is 4.12. The maximum Gasteiger partial charge on any atom is 0.0571 e. The summed E-state index contributed by atoms with van der Waals surface area (Å²) in [5.41, 5.74) is 1.12. The minimum absolute atomic E-state index is 0.740. The average Bonchev–Trinajstić information content (AvgIpc) is 3.12. The zero-order valence-electron chi connectivity index (χ0n) is 12.7. The lowest BCUT2D eigenvalue weighted by atomic mass is 9.97. The highest BCUT2D eigenvalue weighted by Crippen LogP contribution is 2.39. The molecule has 0 bridgehead atoms. The Labute approximate surface area is 160 Å². The fourth-order valence-electron chi connectivity index (χ4n) is 3.11. The predicted octanol–water partition coefficient (Wildman–Crippen LogP) is 5.58. The van der Waals surface area contributed by atoms with Gasteiger partial charge in [0.2, 0.25) is 0 Å². The van der Waals surface area contributed by atoms with Gasteiger partial charge in [-0.1, -0.05) is 72.6 Å². The van der Waals surface area contributed by atoms with Crippen LogP contribution in [0.4, 0.5) is 0 Å². The van der Waals surface area contributed by atoms with Crippen molar-refractivity contribution in [3.8, 4) is 0 Å². The molecule has 1 heterocycles. The molecule has 0 radical (unpaired) electrons. The van der Waals surface area contributed by atoms with Gasteiger partial charge in [-0.25, -0.2) is 0 Å². The topological polar surface area (TPSA) is 0 Å². The second kappa shape index (κ2) is 6.60. The lowest BCUT2D eigenvalue weighted by Gasteiger charge is -2.11. The van der Waals surface area contributed by atoms with Crippen LogP contribution in [0.15, 0.2) is 59.9 Å². The first-order valence-electron chi connectivity index (χ1n) is 7.42. The summed E-state index contributed by atoms with van der Waals surface area (Å²) in [4.78, 5) is 0. The number of hydrogen-bond acceptors (Lipinski definition) is 4. The first-order valence-corrected chi connectivity index (χ1v) is 10.1. The van der Waals surface area contributed by atoms with Crippen LogP contribution < -0.4 is 10.4 Å². The molecule has 0 saturated heterocycles. The zero-order valence-corrected chi connectivity index (χ0v) is 16.1. The molecular weight excluding hydrogens is 368 g/mol. The van der Waals surface area contributed by atoms with E-state index in [0.717, 1.165) is 15.0 Å². The number of benzene rings is 3. The molecule has 4 rings (SSSR count). The summed E-state index contributed by atoms with van der Waals surface area (Å²) >= 11 is 12.7. The quantitative estimate of drug-likeness (QED) is 0.417. The normalized spacial score (nSPS) is 13.8. The third-order valence-corrected chi connectivity index (χ3v) is 6.69. The fraction of sp³-hybridized carbons (Fsp3) is 0. The minimum Gasteiger partial charge on any atom is -0.136 e. The van der Waals surface area contributed by atoms with Crippen molar-refractivity contribution in [2.24, 2.45) is 0 Å². The molecule has 0 nitrogen and oxygen atoms in total. The lowest BCUT2D eigenvalue weighted by molar-refractivity contribution is 1.67. The number of hydrogen-bond donors (Lipinski definition) is 2. The van der Waals surface area contributed by atoms with Gasteiger partial charge >= 0.3 is 0 Å². The largest absolute Gasteiger partial charge is 0.136 e. The maximum absolute atomic E-state index is 4.56. The molecule has 0 unspecified atom stereocenters. The molecule has 0 saturated carbocycles. The summed E-state index contributed by atoms with van der Waals surface area (Å²) in [6.45, 7) is 3.92. The van der Waals surface area contributed by atoms with Crippen LogP contribution in [-0.4, -0.2) is 0 Å². The summed E-state index contributed by atoms with van der Waals surface area (Å²) in [7, 11) is 0. The van der Waals surface area contributed by atoms with Crippen molar-refractivity contribution in [3.63, 3.8) is 0 Å². The minimum atomic E-state index is 0.740. The molecule has 24 heavy (non-hydrogen) atoms. The van der Waals surface area contributed by atoms with Gasteiger partial charge in [-0.05, 0) is 44.0 Å². The van der Waals surface area contributed by atoms with Crippen molar-refractivity contribution in [3.05, 3.63) is 75.9 Å². The molecule has 0 atom stereocenters. The van der Waals surface area contributed by atoms with Gasteiger partial charge in [0, 0.05) is 14.7 Å². The molecule has 0 amide bonds. The highest BCUT2D eigenvalue weighted by Gasteiger charge is 2.12. The van der Waals surface area contributed by atoms with E-state index in [1.165, 1.54) is 31.0 Å². The SMILES string of the molecule is C=Cc1ccc2c(=C(S)S)c3ccccc3c(=C3SC=CS3)c2c1. The molecule has 3 aromatic rings. The van der Waals surface area contributed by atoms with E-state index in [-0.39, 0.29) is 0 Å². The second-order valence-electron chi connectivity index (χ2n) is 5.42. The standard InChI is InChI=1S/C20H14S4/c1-2-12-7-8-15-16(11-12)18(20-23-9-10-24-20)14-6-4-3-5-13(14)17(15)19(21)22/h2-11,21-22H,1H2. The van der Waals surface area contributed by atoms with Crippen LogP contribution in [0.3, 0.4) is 0 Å². The maximum atomic E-state index is 4.56. The van der Waals surface area contributed by atoms with Crippen molar-refractivity contribution in [2.45, 2.75) is 0 Å². The Morgan fingerprint density at radius 2 is 1.54 bits per heavy atom. The number of thiol groups is 2. The van der Waals surface area contributed by atoms with Crippen molar-refractivity contribution in [1.29, 1.82) is 0 Å². The number of thioether (sulfide) groups is 2. The summed E-state index contributed by atoms with van der Waals surface area (Å²) in [5, 5.41) is 11.5. The van der Waals surface area contributed by atoms with Crippen LogP contribution >= 0.6 is 48.8 Å². The second-order valence-corrected chi connectivity index (χ2v) is 8.76. The highest BCUT2D eigenvalue weighted by atomic mass is 32.2. The van der Waals surface area contributed by atoms with E-state index in [4.69, 9.17) is 0 Å². The van der Waals surface area contributed by atoms with Crippen molar-refractivity contribution < 1.29 is 0 Å². The van der Waals surface area contributed by atoms with Gasteiger partial charge in [-0.2, -0.15) is 0 Å². The van der Waals surface area contributed by atoms with E-state index in [1.54, 1.807) is 23.5 Å². The summed E-state index contributed by atoms with van der Waals surface area (Å²) < 4.78 is 2.05. The molecular formula is C20H14S4. The van der Waals surface area contributed by atoms with Crippen LogP contribution in [0.5, 0.6) is 0 Å². The first kappa shape index (κ1) is 16.3. The Kier molecular flexibility index (Phi) is 4.48. The molecule has 1 aliphatic heterocycles. The smallest absolute Gasteiger partial charge is 0.0571 e. The van der Waals surface area contributed by atoms with Gasteiger partial charge in [-0.3, -0.25) is 0 Å². The van der Waals surface area contributed by atoms with Crippen molar-refractivity contribution >= 4 is 84.9 Å². The van der Waals surface area contributed by atoms with Gasteiger partial charge in [0.15, 0.2) is 0 Å².